The molecule has 2 aliphatic rings. The Labute approximate surface area is 228 Å². The van der Waals surface area contributed by atoms with E-state index in [-0.39, 0.29) is 24.0 Å². The first kappa shape index (κ1) is 26.6. The fraction of sp³-hybridized carbons (Fsp3) is 0.367. The zero-order valence-electron chi connectivity index (χ0n) is 22.1. The third kappa shape index (κ3) is 7.34. The number of hydrogen-bond acceptors (Lipinski definition) is 7. The van der Waals surface area contributed by atoms with E-state index in [9.17, 15) is 9.59 Å². The number of carbonyl (C=O) groups excluding carboxylic acids is 2. The van der Waals surface area contributed by atoms with Gasteiger partial charge in [0, 0.05) is 56.6 Å². The van der Waals surface area contributed by atoms with Crippen molar-refractivity contribution in [2.45, 2.75) is 44.6 Å². The number of ether oxygens (including phenoxy) is 3. The van der Waals surface area contributed by atoms with Crippen LogP contribution in [-0.2, 0) is 22.7 Å². The molecule has 1 fully saturated rings. The highest BCUT2D eigenvalue weighted by atomic mass is 16.5. The molecule has 2 aromatic carbocycles. The van der Waals surface area contributed by atoms with Crippen molar-refractivity contribution in [3.63, 3.8) is 0 Å². The van der Waals surface area contributed by atoms with Crippen molar-refractivity contribution in [3.05, 3.63) is 83.7 Å². The van der Waals surface area contributed by atoms with E-state index in [4.69, 9.17) is 14.2 Å². The summed E-state index contributed by atoms with van der Waals surface area (Å²) in [4.78, 5) is 32.3. The summed E-state index contributed by atoms with van der Waals surface area (Å²) in [6, 6.07) is 16.6. The maximum absolute atomic E-state index is 12.9. The molecule has 0 radical (unpaired) electrons. The van der Waals surface area contributed by atoms with Crippen LogP contribution in [0.4, 0.5) is 0 Å². The van der Waals surface area contributed by atoms with Gasteiger partial charge in [0.25, 0.3) is 5.91 Å². The van der Waals surface area contributed by atoms with E-state index in [0.717, 1.165) is 30.6 Å². The lowest BCUT2D eigenvalue weighted by Crippen LogP contribution is -2.55. The predicted octanol–water partition coefficient (Wildman–Crippen LogP) is 3.68. The molecule has 0 aliphatic carbocycles. The van der Waals surface area contributed by atoms with Crippen LogP contribution in [0.2, 0.25) is 0 Å². The standard InChI is InChI=1S/C30H34N4O5/c1-37-25-14-23-15-26(16-25)39-24-7-2-5-21(13-24)20-38-28-9-12-34(18-22-6-3-10-31-17-22)19-27(28)33-29(35)8-4-11-32-30(23)36/h2-3,5-7,10,13-17,27-28H,4,8-9,11-12,18-20H2,1H3,(H,32,36)(H,33,35)/t27-,28-/m0/s1. The van der Waals surface area contributed by atoms with Crippen molar-refractivity contribution in [1.82, 2.24) is 20.5 Å². The fourth-order valence-electron chi connectivity index (χ4n) is 4.98. The molecule has 2 aliphatic heterocycles. The molecule has 2 atom stereocenters. The van der Waals surface area contributed by atoms with Crippen LogP contribution in [0.25, 0.3) is 0 Å². The third-order valence-electron chi connectivity index (χ3n) is 6.95. The number of nitrogens with zero attached hydrogens (tertiary/aromatic N) is 2. The van der Waals surface area contributed by atoms with Crippen LogP contribution in [0.3, 0.4) is 0 Å². The first-order chi connectivity index (χ1) is 19.1. The highest BCUT2D eigenvalue weighted by Crippen LogP contribution is 2.28. The largest absolute Gasteiger partial charge is 0.497 e. The number of likely N-dealkylation sites (tertiary alicyclic amines) is 1. The average molecular weight is 531 g/mol. The van der Waals surface area contributed by atoms with E-state index in [1.807, 2.05) is 36.5 Å². The Kier molecular flexibility index (Phi) is 8.70. The van der Waals surface area contributed by atoms with Crippen molar-refractivity contribution < 1.29 is 23.8 Å². The van der Waals surface area contributed by atoms with Gasteiger partial charge in [0.1, 0.15) is 17.2 Å². The summed E-state index contributed by atoms with van der Waals surface area (Å²) in [7, 11) is 1.55. The number of nitrogens with one attached hydrogen (secondary N) is 2. The molecule has 9 heteroatoms. The molecule has 204 valence electrons. The summed E-state index contributed by atoms with van der Waals surface area (Å²) in [5, 5.41) is 6.10. The lowest BCUT2D eigenvalue weighted by Gasteiger charge is -2.38. The molecule has 1 saturated heterocycles. The molecule has 2 amide bonds. The number of aromatic nitrogens is 1. The molecular weight excluding hydrogens is 496 g/mol. The fourth-order valence-corrected chi connectivity index (χ4v) is 4.98. The minimum atomic E-state index is -0.249. The van der Waals surface area contributed by atoms with Crippen LogP contribution in [0.1, 0.15) is 40.7 Å². The van der Waals surface area contributed by atoms with Crippen LogP contribution < -0.4 is 20.1 Å². The number of rotatable bonds is 3. The molecule has 0 saturated carbocycles. The number of amides is 2. The number of methoxy groups -OCH3 is 1. The molecule has 3 heterocycles. The van der Waals surface area contributed by atoms with Crippen molar-refractivity contribution in [1.29, 1.82) is 0 Å². The van der Waals surface area contributed by atoms with Gasteiger partial charge in [-0.15, -0.1) is 0 Å². The molecule has 0 spiro atoms. The minimum Gasteiger partial charge on any atom is -0.497 e. The molecule has 1 aromatic heterocycles. The van der Waals surface area contributed by atoms with Crippen molar-refractivity contribution >= 4 is 11.8 Å². The summed E-state index contributed by atoms with van der Waals surface area (Å²) in [5.41, 5.74) is 2.52. The Morgan fingerprint density at radius 1 is 1.10 bits per heavy atom. The smallest absolute Gasteiger partial charge is 0.251 e. The van der Waals surface area contributed by atoms with Crippen LogP contribution in [0.15, 0.2) is 67.0 Å². The van der Waals surface area contributed by atoms with Gasteiger partial charge < -0.3 is 24.8 Å². The predicted molar refractivity (Wildman–Crippen MR) is 146 cm³/mol. The second-order valence-electron chi connectivity index (χ2n) is 9.91. The highest BCUT2D eigenvalue weighted by molar-refractivity contribution is 5.95. The third-order valence-corrected chi connectivity index (χ3v) is 6.95. The van der Waals surface area contributed by atoms with E-state index in [1.165, 1.54) is 0 Å². The molecular formula is C30H34N4O5. The number of fused-ring (bicyclic) bond motifs is 5. The number of piperidine rings is 1. The Hall–Kier alpha value is -3.95. The van der Waals surface area contributed by atoms with Gasteiger partial charge in [0.2, 0.25) is 5.91 Å². The van der Waals surface area contributed by atoms with Crippen LogP contribution in [0, 0.1) is 0 Å². The van der Waals surface area contributed by atoms with Gasteiger partial charge in [-0.05, 0) is 54.3 Å². The average Bonchev–Trinajstić information content (AvgIpc) is 2.95. The first-order valence-electron chi connectivity index (χ1n) is 13.3. The monoisotopic (exact) mass is 530 g/mol. The second-order valence-corrected chi connectivity index (χ2v) is 9.91. The van der Waals surface area contributed by atoms with Crippen molar-refractivity contribution in [2.75, 3.05) is 26.7 Å². The van der Waals surface area contributed by atoms with Gasteiger partial charge in [-0.2, -0.15) is 0 Å². The maximum atomic E-state index is 12.9. The quantitative estimate of drug-likeness (QED) is 0.533. The first-order valence-corrected chi connectivity index (χ1v) is 13.3. The Bertz CT molecular complexity index is 1290. The van der Waals surface area contributed by atoms with E-state index in [0.29, 0.717) is 55.4 Å². The van der Waals surface area contributed by atoms with Crippen LogP contribution in [0.5, 0.6) is 17.2 Å². The summed E-state index contributed by atoms with van der Waals surface area (Å²) in [5.74, 6) is 1.35. The van der Waals surface area contributed by atoms with E-state index in [1.54, 1.807) is 31.5 Å². The van der Waals surface area contributed by atoms with Crippen molar-refractivity contribution in [3.8, 4) is 17.2 Å². The van der Waals surface area contributed by atoms with Crippen LogP contribution in [-0.4, -0.2) is 60.6 Å². The number of carbonyl (C=O) groups is 2. The molecule has 0 unspecified atom stereocenters. The van der Waals surface area contributed by atoms with E-state index < -0.39 is 0 Å². The number of hydrogen-bond donors (Lipinski definition) is 2. The lowest BCUT2D eigenvalue weighted by atomic mass is 10.0. The summed E-state index contributed by atoms with van der Waals surface area (Å²) < 4.78 is 17.9. The second kappa shape index (κ2) is 12.7. The van der Waals surface area contributed by atoms with Gasteiger partial charge in [0.15, 0.2) is 0 Å². The molecule has 9 nitrogen and oxygen atoms in total. The van der Waals surface area contributed by atoms with Gasteiger partial charge in [0.05, 0.1) is 25.9 Å². The lowest BCUT2D eigenvalue weighted by molar-refractivity contribution is -0.124. The molecule has 4 bridgehead atoms. The summed E-state index contributed by atoms with van der Waals surface area (Å²) >= 11 is 0. The summed E-state index contributed by atoms with van der Waals surface area (Å²) in [6.07, 6.45) is 5.15. The normalized spacial score (nSPS) is 20.8. The van der Waals surface area contributed by atoms with Gasteiger partial charge >= 0.3 is 0 Å². The molecule has 3 aromatic rings. The van der Waals surface area contributed by atoms with Gasteiger partial charge in [-0.25, -0.2) is 0 Å². The maximum Gasteiger partial charge on any atom is 0.251 e. The number of pyridine rings is 1. The zero-order chi connectivity index (χ0) is 27.0. The SMILES string of the molecule is COc1cc2cc(c1)C(=O)NCCCC(=O)N[C@H]1CN(Cc3cccnc3)CC[C@@H]1OCc1cccc(c1)O2. The Morgan fingerprint density at radius 3 is 2.87 bits per heavy atom. The minimum absolute atomic E-state index is 0.0498. The zero-order valence-corrected chi connectivity index (χ0v) is 22.1. The Morgan fingerprint density at radius 2 is 2.03 bits per heavy atom. The number of benzene rings is 2. The van der Waals surface area contributed by atoms with E-state index in [2.05, 4.69) is 26.6 Å². The molecule has 5 rings (SSSR count). The molecule has 39 heavy (non-hydrogen) atoms. The molecule has 2 N–H and O–H groups in total. The van der Waals surface area contributed by atoms with Crippen molar-refractivity contribution in [2.24, 2.45) is 0 Å². The van der Waals surface area contributed by atoms with Gasteiger partial charge in [-0.1, -0.05) is 18.2 Å². The highest BCUT2D eigenvalue weighted by Gasteiger charge is 2.31. The summed E-state index contributed by atoms with van der Waals surface area (Å²) in [6.45, 7) is 3.08. The Balaban J connectivity index is 1.34. The van der Waals surface area contributed by atoms with E-state index >= 15 is 0 Å². The topological polar surface area (TPSA) is 102 Å². The van der Waals surface area contributed by atoms with Gasteiger partial charge in [-0.3, -0.25) is 19.5 Å². The van der Waals surface area contributed by atoms with Crippen LogP contribution >= 0.6 is 0 Å².